The molecule has 1 aromatic carbocycles. The minimum Gasteiger partial charge on any atom is -0.0654 e. The standard InChI is InChI=1S/C18H29/c1-4-7-9-11-17-14-13-16(6-3)15-18(17)12-10-8-5-2/h13-15H,3-12H2,1-2H3. The van der Waals surface area contributed by atoms with Gasteiger partial charge in [0, 0.05) is 0 Å². The molecule has 0 unspecified atom stereocenters. The van der Waals surface area contributed by atoms with E-state index in [1.807, 2.05) is 0 Å². The first-order chi connectivity index (χ1) is 8.81. The van der Waals surface area contributed by atoms with Gasteiger partial charge in [-0.3, -0.25) is 0 Å². The molecule has 0 nitrogen and oxygen atoms in total. The Morgan fingerprint density at radius 1 is 0.833 bits per heavy atom. The second kappa shape index (κ2) is 9.19. The third kappa shape index (κ3) is 5.25. The third-order valence-corrected chi connectivity index (χ3v) is 3.66. The van der Waals surface area contributed by atoms with Gasteiger partial charge in [-0.05, 0) is 55.7 Å². The van der Waals surface area contributed by atoms with E-state index >= 15 is 0 Å². The Morgan fingerprint density at radius 3 is 2.00 bits per heavy atom. The third-order valence-electron chi connectivity index (χ3n) is 3.66. The number of unbranched alkanes of at least 4 members (excludes halogenated alkanes) is 4. The Labute approximate surface area is 114 Å². The van der Waals surface area contributed by atoms with Crippen LogP contribution < -0.4 is 0 Å². The molecule has 101 valence electrons. The van der Waals surface area contributed by atoms with Gasteiger partial charge in [-0.1, -0.05) is 57.7 Å². The number of aryl methyl sites for hydroxylation is 2. The van der Waals surface area contributed by atoms with Crippen molar-refractivity contribution in [1.29, 1.82) is 0 Å². The lowest BCUT2D eigenvalue weighted by molar-refractivity contribution is 0.693. The molecule has 0 bridgehead atoms. The first-order valence-electron chi connectivity index (χ1n) is 7.71. The van der Waals surface area contributed by atoms with E-state index in [9.17, 15) is 0 Å². The van der Waals surface area contributed by atoms with E-state index in [1.165, 1.54) is 56.9 Å². The molecule has 0 N–H and O–H groups in total. The molecule has 0 heteroatoms. The van der Waals surface area contributed by atoms with Crippen LogP contribution in [0.4, 0.5) is 0 Å². The van der Waals surface area contributed by atoms with Crippen molar-refractivity contribution in [3.05, 3.63) is 41.8 Å². The number of hydrogen-bond acceptors (Lipinski definition) is 0. The first-order valence-corrected chi connectivity index (χ1v) is 7.71. The van der Waals surface area contributed by atoms with Crippen LogP contribution in [0, 0.1) is 6.92 Å². The lowest BCUT2D eigenvalue weighted by atomic mass is 9.94. The zero-order valence-corrected chi connectivity index (χ0v) is 12.3. The molecule has 1 radical (unpaired) electrons. The van der Waals surface area contributed by atoms with E-state index in [0.717, 1.165) is 6.42 Å². The smallest absolute Gasteiger partial charge is 0.0276 e. The highest BCUT2D eigenvalue weighted by Gasteiger charge is 2.03. The Bertz CT molecular complexity index is 325. The fraction of sp³-hybridized carbons (Fsp3) is 0.611. The Kier molecular flexibility index (Phi) is 7.80. The summed E-state index contributed by atoms with van der Waals surface area (Å²) >= 11 is 0. The van der Waals surface area contributed by atoms with Crippen LogP contribution in [0.3, 0.4) is 0 Å². The first kappa shape index (κ1) is 15.3. The molecule has 0 heterocycles. The summed E-state index contributed by atoms with van der Waals surface area (Å²) in [6.45, 7) is 8.54. The van der Waals surface area contributed by atoms with Gasteiger partial charge in [0.25, 0.3) is 0 Å². The molecule has 0 saturated heterocycles. The monoisotopic (exact) mass is 245 g/mol. The zero-order chi connectivity index (χ0) is 13.2. The zero-order valence-electron chi connectivity index (χ0n) is 12.3. The second-order valence-electron chi connectivity index (χ2n) is 5.27. The molecule has 0 spiro atoms. The highest BCUT2D eigenvalue weighted by molar-refractivity contribution is 5.32. The average Bonchev–Trinajstić information content (AvgIpc) is 2.40. The second-order valence-corrected chi connectivity index (χ2v) is 5.27. The van der Waals surface area contributed by atoms with E-state index in [1.54, 1.807) is 11.1 Å². The van der Waals surface area contributed by atoms with E-state index in [2.05, 4.69) is 39.0 Å². The van der Waals surface area contributed by atoms with Crippen molar-refractivity contribution in [2.24, 2.45) is 0 Å². The predicted octanol–water partition coefficient (Wildman–Crippen LogP) is 5.53. The molecule has 1 rings (SSSR count). The van der Waals surface area contributed by atoms with Crippen LogP contribution in [0.15, 0.2) is 18.2 Å². The number of rotatable bonds is 9. The number of hydrogen-bond donors (Lipinski definition) is 0. The van der Waals surface area contributed by atoms with Gasteiger partial charge in [-0.2, -0.15) is 0 Å². The molecule has 0 saturated carbocycles. The van der Waals surface area contributed by atoms with E-state index < -0.39 is 0 Å². The summed E-state index contributed by atoms with van der Waals surface area (Å²) in [6, 6.07) is 7.00. The van der Waals surface area contributed by atoms with Crippen LogP contribution in [0.5, 0.6) is 0 Å². The summed E-state index contributed by atoms with van der Waals surface area (Å²) < 4.78 is 0. The molecular weight excluding hydrogens is 216 g/mol. The Balaban J connectivity index is 2.66. The van der Waals surface area contributed by atoms with Crippen LogP contribution in [-0.2, 0) is 19.3 Å². The molecule has 0 fully saturated rings. The van der Waals surface area contributed by atoms with Crippen LogP contribution in [0.25, 0.3) is 0 Å². The van der Waals surface area contributed by atoms with E-state index in [4.69, 9.17) is 0 Å². The Morgan fingerprint density at radius 2 is 1.44 bits per heavy atom. The summed E-state index contributed by atoms with van der Waals surface area (Å²) in [5, 5.41) is 0. The van der Waals surface area contributed by atoms with Crippen LogP contribution >= 0.6 is 0 Å². The fourth-order valence-corrected chi connectivity index (χ4v) is 2.44. The van der Waals surface area contributed by atoms with E-state index in [0.29, 0.717) is 0 Å². The average molecular weight is 245 g/mol. The van der Waals surface area contributed by atoms with Gasteiger partial charge >= 0.3 is 0 Å². The van der Waals surface area contributed by atoms with Crippen molar-refractivity contribution in [2.75, 3.05) is 0 Å². The predicted molar refractivity (Wildman–Crippen MR) is 82.0 cm³/mol. The highest BCUT2D eigenvalue weighted by Crippen LogP contribution is 2.18. The fourth-order valence-electron chi connectivity index (χ4n) is 2.44. The van der Waals surface area contributed by atoms with Crippen molar-refractivity contribution < 1.29 is 0 Å². The van der Waals surface area contributed by atoms with Crippen molar-refractivity contribution in [3.63, 3.8) is 0 Å². The van der Waals surface area contributed by atoms with Crippen LogP contribution in [-0.4, -0.2) is 0 Å². The summed E-state index contributed by atoms with van der Waals surface area (Å²) in [5.74, 6) is 0. The van der Waals surface area contributed by atoms with Crippen molar-refractivity contribution in [3.8, 4) is 0 Å². The molecule has 18 heavy (non-hydrogen) atoms. The lowest BCUT2D eigenvalue weighted by Gasteiger charge is -2.11. The van der Waals surface area contributed by atoms with Gasteiger partial charge in [0.15, 0.2) is 0 Å². The largest absolute Gasteiger partial charge is 0.0654 e. The summed E-state index contributed by atoms with van der Waals surface area (Å²) in [5.41, 5.74) is 4.55. The number of benzene rings is 1. The quantitative estimate of drug-likeness (QED) is 0.502. The van der Waals surface area contributed by atoms with Crippen LogP contribution in [0.2, 0.25) is 0 Å². The molecule has 0 amide bonds. The molecule has 1 aromatic rings. The molecule has 0 atom stereocenters. The molecular formula is C18H29. The summed E-state index contributed by atoms with van der Waals surface area (Å²) in [7, 11) is 0. The highest BCUT2D eigenvalue weighted by atomic mass is 14.1. The summed E-state index contributed by atoms with van der Waals surface area (Å²) in [4.78, 5) is 0. The van der Waals surface area contributed by atoms with Crippen molar-refractivity contribution in [1.82, 2.24) is 0 Å². The van der Waals surface area contributed by atoms with Gasteiger partial charge in [0.1, 0.15) is 0 Å². The minimum absolute atomic E-state index is 0.913. The van der Waals surface area contributed by atoms with E-state index in [-0.39, 0.29) is 0 Å². The minimum atomic E-state index is 0.913. The molecule has 0 aliphatic carbocycles. The van der Waals surface area contributed by atoms with Gasteiger partial charge in [0.2, 0.25) is 0 Å². The SMILES string of the molecule is [CH2]Cc1ccc(CCCCC)c(CCCCC)c1. The normalized spacial score (nSPS) is 10.8. The van der Waals surface area contributed by atoms with Gasteiger partial charge in [0.05, 0.1) is 0 Å². The lowest BCUT2D eigenvalue weighted by Crippen LogP contribution is -1.97. The van der Waals surface area contributed by atoms with Crippen molar-refractivity contribution in [2.45, 2.75) is 71.6 Å². The summed E-state index contributed by atoms with van der Waals surface area (Å²) in [6.07, 6.45) is 11.4. The Hall–Kier alpha value is -0.780. The molecule has 0 aliphatic heterocycles. The maximum atomic E-state index is 4.00. The van der Waals surface area contributed by atoms with Gasteiger partial charge in [-0.25, -0.2) is 0 Å². The topological polar surface area (TPSA) is 0 Å². The molecule has 0 aliphatic rings. The maximum Gasteiger partial charge on any atom is -0.0276 e. The van der Waals surface area contributed by atoms with Crippen LogP contribution in [0.1, 0.15) is 69.1 Å². The molecule has 0 aromatic heterocycles. The van der Waals surface area contributed by atoms with Gasteiger partial charge < -0.3 is 0 Å². The maximum absolute atomic E-state index is 4.00. The van der Waals surface area contributed by atoms with Gasteiger partial charge in [-0.15, -0.1) is 0 Å². The van der Waals surface area contributed by atoms with Crippen molar-refractivity contribution >= 4 is 0 Å².